The first-order chi connectivity index (χ1) is 9.81. The third-order valence-electron chi connectivity index (χ3n) is 2.72. The Morgan fingerprint density at radius 2 is 2.15 bits per heavy atom. The van der Waals surface area contributed by atoms with Crippen molar-refractivity contribution in [3.63, 3.8) is 0 Å². The third-order valence-corrected chi connectivity index (χ3v) is 4.58. The first-order valence-electron chi connectivity index (χ1n) is 6.09. The predicted molar refractivity (Wildman–Crippen MR) is 81.1 cm³/mol. The van der Waals surface area contributed by atoms with Gasteiger partial charge >= 0.3 is 0 Å². The lowest BCUT2D eigenvalue weighted by Crippen LogP contribution is -2.04. The summed E-state index contributed by atoms with van der Waals surface area (Å²) in [7, 11) is 0. The Morgan fingerprint density at radius 3 is 2.80 bits per heavy atom. The van der Waals surface area contributed by atoms with E-state index in [0.29, 0.717) is 0 Å². The SMILES string of the molecule is CC(Nc1ccc(Sc2ncn[nH]2)cc1)c1cncs1. The second-order valence-electron chi connectivity index (χ2n) is 4.19. The van der Waals surface area contributed by atoms with E-state index in [0.717, 1.165) is 15.7 Å². The average molecular weight is 303 g/mol. The number of rotatable bonds is 5. The van der Waals surface area contributed by atoms with Crippen LogP contribution < -0.4 is 5.32 Å². The average Bonchev–Trinajstić information content (AvgIpc) is 3.13. The van der Waals surface area contributed by atoms with Crippen molar-refractivity contribution in [2.24, 2.45) is 0 Å². The molecule has 0 fully saturated rings. The summed E-state index contributed by atoms with van der Waals surface area (Å²) in [5.74, 6) is 0. The van der Waals surface area contributed by atoms with Crippen LogP contribution in [0, 0.1) is 0 Å². The molecular weight excluding hydrogens is 290 g/mol. The van der Waals surface area contributed by atoms with Gasteiger partial charge in [0.15, 0.2) is 5.16 Å². The lowest BCUT2D eigenvalue weighted by atomic mass is 10.2. The first-order valence-corrected chi connectivity index (χ1v) is 7.79. The Kier molecular flexibility index (Phi) is 3.98. The molecule has 0 aliphatic carbocycles. The molecule has 0 aliphatic rings. The van der Waals surface area contributed by atoms with Crippen LogP contribution in [0.2, 0.25) is 0 Å². The molecule has 0 amide bonds. The van der Waals surface area contributed by atoms with Crippen molar-refractivity contribution in [3.05, 3.63) is 47.2 Å². The Bertz CT molecular complexity index is 634. The molecule has 1 atom stereocenters. The minimum atomic E-state index is 0.260. The van der Waals surface area contributed by atoms with Crippen molar-refractivity contribution in [2.45, 2.75) is 23.0 Å². The number of aromatic nitrogens is 4. The number of benzene rings is 1. The maximum atomic E-state index is 4.10. The largest absolute Gasteiger partial charge is 0.378 e. The fraction of sp³-hybridized carbons (Fsp3) is 0.154. The molecule has 0 spiro atoms. The molecular formula is C13H13N5S2. The lowest BCUT2D eigenvalue weighted by molar-refractivity contribution is 0.903. The highest BCUT2D eigenvalue weighted by molar-refractivity contribution is 7.99. The summed E-state index contributed by atoms with van der Waals surface area (Å²) in [6.45, 7) is 2.13. The van der Waals surface area contributed by atoms with Crippen LogP contribution in [-0.2, 0) is 0 Å². The van der Waals surface area contributed by atoms with Gasteiger partial charge in [0.1, 0.15) is 6.33 Å². The molecule has 2 aromatic heterocycles. The zero-order chi connectivity index (χ0) is 13.8. The molecule has 0 radical (unpaired) electrons. The van der Waals surface area contributed by atoms with E-state index in [4.69, 9.17) is 0 Å². The number of anilines is 1. The number of H-pyrrole nitrogens is 1. The van der Waals surface area contributed by atoms with Gasteiger partial charge in [0.25, 0.3) is 0 Å². The van der Waals surface area contributed by atoms with Gasteiger partial charge in [-0.3, -0.25) is 10.1 Å². The number of hydrogen-bond donors (Lipinski definition) is 2. The molecule has 2 heterocycles. The molecule has 20 heavy (non-hydrogen) atoms. The van der Waals surface area contributed by atoms with Gasteiger partial charge in [-0.05, 0) is 31.2 Å². The molecule has 7 heteroatoms. The van der Waals surface area contributed by atoms with E-state index in [-0.39, 0.29) is 6.04 Å². The molecule has 102 valence electrons. The smallest absolute Gasteiger partial charge is 0.188 e. The summed E-state index contributed by atoms with van der Waals surface area (Å²) in [5, 5.41) is 10.9. The maximum absolute atomic E-state index is 4.10. The summed E-state index contributed by atoms with van der Waals surface area (Å²) in [6, 6.07) is 8.52. The molecule has 2 N–H and O–H groups in total. The number of hydrogen-bond acceptors (Lipinski definition) is 6. The number of thiazole rings is 1. The molecule has 1 unspecified atom stereocenters. The van der Waals surface area contributed by atoms with Crippen molar-refractivity contribution < 1.29 is 0 Å². The lowest BCUT2D eigenvalue weighted by Gasteiger charge is -2.13. The van der Waals surface area contributed by atoms with E-state index in [1.807, 2.05) is 11.7 Å². The highest BCUT2D eigenvalue weighted by Crippen LogP contribution is 2.27. The van der Waals surface area contributed by atoms with Crippen LogP contribution in [0.15, 0.2) is 52.4 Å². The van der Waals surface area contributed by atoms with Gasteiger partial charge in [-0.1, -0.05) is 11.8 Å². The Labute approximate surface area is 124 Å². The van der Waals surface area contributed by atoms with Crippen molar-refractivity contribution in [1.29, 1.82) is 0 Å². The summed E-state index contributed by atoms with van der Waals surface area (Å²) >= 11 is 3.21. The van der Waals surface area contributed by atoms with Gasteiger partial charge < -0.3 is 5.32 Å². The molecule has 0 saturated heterocycles. The summed E-state index contributed by atoms with van der Waals surface area (Å²) < 4.78 is 0. The van der Waals surface area contributed by atoms with Crippen LogP contribution in [0.25, 0.3) is 0 Å². The second-order valence-corrected chi connectivity index (χ2v) is 6.17. The fourth-order valence-electron chi connectivity index (χ4n) is 1.73. The van der Waals surface area contributed by atoms with Crippen LogP contribution in [0.4, 0.5) is 5.69 Å². The van der Waals surface area contributed by atoms with Gasteiger partial charge in [-0.2, -0.15) is 5.10 Å². The van der Waals surface area contributed by atoms with Gasteiger partial charge in [0, 0.05) is 21.7 Å². The predicted octanol–water partition coefficient (Wildman–Crippen LogP) is 3.59. The Morgan fingerprint density at radius 1 is 1.30 bits per heavy atom. The molecule has 3 aromatic rings. The second kappa shape index (κ2) is 6.06. The van der Waals surface area contributed by atoms with Crippen molar-refractivity contribution in [2.75, 3.05) is 5.32 Å². The van der Waals surface area contributed by atoms with Gasteiger partial charge in [-0.25, -0.2) is 4.98 Å². The molecule has 0 bridgehead atoms. The summed E-state index contributed by atoms with van der Waals surface area (Å²) in [4.78, 5) is 10.5. The van der Waals surface area contributed by atoms with Crippen molar-refractivity contribution in [1.82, 2.24) is 20.2 Å². The van der Waals surface area contributed by atoms with Crippen molar-refractivity contribution in [3.8, 4) is 0 Å². The first kappa shape index (κ1) is 13.1. The normalized spacial score (nSPS) is 12.2. The minimum absolute atomic E-state index is 0.260. The van der Waals surface area contributed by atoms with Crippen LogP contribution in [-0.4, -0.2) is 20.2 Å². The minimum Gasteiger partial charge on any atom is -0.378 e. The van der Waals surface area contributed by atoms with Crippen LogP contribution in [0.1, 0.15) is 17.8 Å². The summed E-state index contributed by atoms with van der Waals surface area (Å²) in [6.07, 6.45) is 3.41. The van der Waals surface area contributed by atoms with Gasteiger partial charge in [0.05, 0.1) is 11.6 Å². The molecule has 3 rings (SSSR count). The summed E-state index contributed by atoms with van der Waals surface area (Å²) in [5.41, 5.74) is 2.94. The quantitative estimate of drug-likeness (QED) is 0.754. The monoisotopic (exact) mass is 303 g/mol. The maximum Gasteiger partial charge on any atom is 0.188 e. The van der Waals surface area contributed by atoms with Gasteiger partial charge in [0.2, 0.25) is 0 Å². The van der Waals surface area contributed by atoms with E-state index in [1.54, 1.807) is 23.1 Å². The molecule has 0 aliphatic heterocycles. The molecule has 1 aromatic carbocycles. The Hall–Kier alpha value is -1.86. The topological polar surface area (TPSA) is 66.5 Å². The highest BCUT2D eigenvalue weighted by atomic mass is 32.2. The van der Waals surface area contributed by atoms with E-state index < -0.39 is 0 Å². The van der Waals surface area contributed by atoms with E-state index >= 15 is 0 Å². The number of nitrogens with one attached hydrogen (secondary N) is 2. The van der Waals surface area contributed by atoms with E-state index in [9.17, 15) is 0 Å². The molecule has 0 saturated carbocycles. The van der Waals surface area contributed by atoms with E-state index in [2.05, 4.69) is 56.7 Å². The zero-order valence-electron chi connectivity index (χ0n) is 10.8. The standard InChI is InChI=1S/C13H13N5S2/c1-9(12-6-14-8-19-12)17-10-2-4-11(5-3-10)20-13-15-7-16-18-13/h2-9,17H,1H3,(H,15,16,18). The van der Waals surface area contributed by atoms with Crippen LogP contribution >= 0.6 is 23.1 Å². The zero-order valence-corrected chi connectivity index (χ0v) is 12.4. The number of aromatic amines is 1. The fourth-order valence-corrected chi connectivity index (χ4v) is 3.06. The van der Waals surface area contributed by atoms with E-state index in [1.165, 1.54) is 11.2 Å². The molecule has 5 nitrogen and oxygen atoms in total. The Balaban J connectivity index is 1.64. The third kappa shape index (κ3) is 3.17. The van der Waals surface area contributed by atoms with Crippen LogP contribution in [0.5, 0.6) is 0 Å². The highest BCUT2D eigenvalue weighted by Gasteiger charge is 2.07. The van der Waals surface area contributed by atoms with Crippen molar-refractivity contribution >= 4 is 28.8 Å². The van der Waals surface area contributed by atoms with Crippen LogP contribution in [0.3, 0.4) is 0 Å². The van der Waals surface area contributed by atoms with Gasteiger partial charge in [-0.15, -0.1) is 11.3 Å². The number of nitrogens with zero attached hydrogens (tertiary/aromatic N) is 3.